The number of ether oxygens (including phenoxy) is 1. The van der Waals surface area contributed by atoms with Gasteiger partial charge in [-0.05, 0) is 12.5 Å². The molecule has 1 rings (SSSR count). The fourth-order valence-corrected chi connectivity index (χ4v) is 0.981. The minimum Gasteiger partial charge on any atom is -0.491 e. The van der Waals surface area contributed by atoms with Gasteiger partial charge in [0.05, 0.1) is 12.8 Å². The lowest BCUT2D eigenvalue weighted by Crippen LogP contribution is -2.09. The van der Waals surface area contributed by atoms with Crippen LogP contribution in [-0.2, 0) is 6.18 Å². The van der Waals surface area contributed by atoms with Crippen LogP contribution in [-0.4, -0.2) is 11.6 Å². The summed E-state index contributed by atoms with van der Waals surface area (Å²) in [5, 5.41) is 0. The van der Waals surface area contributed by atoms with Crippen molar-refractivity contribution in [3.8, 4) is 5.75 Å². The third-order valence-corrected chi connectivity index (χ3v) is 1.67. The highest BCUT2D eigenvalue weighted by Crippen LogP contribution is 2.35. The maximum atomic E-state index is 12.4. The van der Waals surface area contributed by atoms with Crippen LogP contribution < -0.4 is 4.74 Å². The Labute approximate surface area is 85.4 Å². The molecule has 0 unspecified atom stereocenters. The Hall–Kier alpha value is -1.52. The largest absolute Gasteiger partial charge is 0.491 e. The highest BCUT2D eigenvalue weighted by atomic mass is 19.4. The van der Waals surface area contributed by atoms with Gasteiger partial charge in [-0.1, -0.05) is 6.08 Å². The molecular formula is C10H10F3NO. The average Bonchev–Trinajstić information content (AvgIpc) is 2.17. The number of hydrogen-bond donors (Lipinski definition) is 0. The summed E-state index contributed by atoms with van der Waals surface area (Å²) < 4.78 is 42.2. The van der Waals surface area contributed by atoms with Crippen molar-refractivity contribution in [2.24, 2.45) is 0 Å². The maximum Gasteiger partial charge on any atom is 0.420 e. The molecule has 0 atom stereocenters. The predicted octanol–water partition coefficient (Wildman–Crippen LogP) is 3.06. The molecule has 0 aliphatic heterocycles. The zero-order valence-electron chi connectivity index (χ0n) is 7.92. The lowest BCUT2D eigenvalue weighted by Gasteiger charge is -2.12. The Morgan fingerprint density at radius 1 is 1.47 bits per heavy atom. The van der Waals surface area contributed by atoms with E-state index in [-0.39, 0.29) is 12.4 Å². The van der Waals surface area contributed by atoms with Crippen molar-refractivity contribution >= 4 is 0 Å². The first-order valence-corrected chi connectivity index (χ1v) is 4.30. The number of hydrogen-bond acceptors (Lipinski definition) is 2. The van der Waals surface area contributed by atoms with Crippen LogP contribution in [0.4, 0.5) is 13.2 Å². The standard InChI is InChI=1S/C10H10F3NO/c1-2-3-6-15-9-7-14-5-4-8(9)10(11,12)13/h2,4-5,7H,1,3,6H2. The van der Waals surface area contributed by atoms with Gasteiger partial charge in [-0.15, -0.1) is 6.58 Å². The normalized spacial score (nSPS) is 11.1. The van der Waals surface area contributed by atoms with Crippen molar-refractivity contribution in [1.29, 1.82) is 0 Å². The fourth-order valence-electron chi connectivity index (χ4n) is 0.981. The van der Waals surface area contributed by atoms with Gasteiger partial charge in [0.1, 0.15) is 11.3 Å². The molecular weight excluding hydrogens is 207 g/mol. The number of pyridine rings is 1. The monoisotopic (exact) mass is 217 g/mol. The van der Waals surface area contributed by atoms with Crippen molar-refractivity contribution < 1.29 is 17.9 Å². The Balaban J connectivity index is 2.82. The molecule has 1 aromatic heterocycles. The van der Waals surface area contributed by atoms with Crippen LogP contribution in [0, 0.1) is 0 Å². The zero-order valence-corrected chi connectivity index (χ0v) is 7.92. The SMILES string of the molecule is C=CCCOc1cnccc1C(F)(F)F. The van der Waals surface area contributed by atoms with Crippen LogP contribution in [0.1, 0.15) is 12.0 Å². The second kappa shape index (κ2) is 4.82. The minimum absolute atomic E-state index is 0.165. The quantitative estimate of drug-likeness (QED) is 0.571. The van der Waals surface area contributed by atoms with E-state index in [0.717, 1.165) is 18.5 Å². The van der Waals surface area contributed by atoms with Gasteiger partial charge >= 0.3 is 6.18 Å². The van der Waals surface area contributed by atoms with E-state index >= 15 is 0 Å². The summed E-state index contributed by atoms with van der Waals surface area (Å²) in [6.45, 7) is 3.61. The number of halogens is 3. The van der Waals surface area contributed by atoms with Crippen LogP contribution in [0.2, 0.25) is 0 Å². The van der Waals surface area contributed by atoms with E-state index in [1.54, 1.807) is 6.08 Å². The van der Waals surface area contributed by atoms with Gasteiger partial charge in [0, 0.05) is 6.20 Å². The molecule has 0 radical (unpaired) electrons. The third kappa shape index (κ3) is 3.27. The summed E-state index contributed by atoms with van der Waals surface area (Å²) in [7, 11) is 0. The van der Waals surface area contributed by atoms with E-state index < -0.39 is 11.7 Å². The van der Waals surface area contributed by atoms with Crippen LogP contribution in [0.5, 0.6) is 5.75 Å². The Kier molecular flexibility index (Phi) is 3.71. The molecule has 0 spiro atoms. The van der Waals surface area contributed by atoms with Gasteiger partial charge < -0.3 is 4.74 Å². The Bertz CT molecular complexity index is 336. The molecule has 2 nitrogen and oxygen atoms in total. The number of rotatable bonds is 4. The number of aromatic nitrogens is 1. The van der Waals surface area contributed by atoms with Gasteiger partial charge in [0.2, 0.25) is 0 Å². The molecule has 5 heteroatoms. The molecule has 15 heavy (non-hydrogen) atoms. The van der Waals surface area contributed by atoms with Crippen molar-refractivity contribution in [3.63, 3.8) is 0 Å². The van der Waals surface area contributed by atoms with Crippen LogP contribution >= 0.6 is 0 Å². The predicted molar refractivity (Wildman–Crippen MR) is 49.5 cm³/mol. The Morgan fingerprint density at radius 3 is 2.80 bits per heavy atom. The second-order valence-corrected chi connectivity index (χ2v) is 2.80. The van der Waals surface area contributed by atoms with Gasteiger partial charge in [0.15, 0.2) is 0 Å². The van der Waals surface area contributed by atoms with E-state index in [1.165, 1.54) is 0 Å². The van der Waals surface area contributed by atoms with E-state index in [0.29, 0.717) is 6.42 Å². The van der Waals surface area contributed by atoms with Gasteiger partial charge in [-0.3, -0.25) is 4.98 Å². The number of alkyl halides is 3. The molecule has 0 N–H and O–H groups in total. The first kappa shape index (κ1) is 11.6. The van der Waals surface area contributed by atoms with Gasteiger partial charge in [-0.25, -0.2) is 0 Å². The van der Waals surface area contributed by atoms with Crippen LogP contribution in [0.25, 0.3) is 0 Å². The van der Waals surface area contributed by atoms with E-state index in [2.05, 4.69) is 11.6 Å². The summed E-state index contributed by atoms with van der Waals surface area (Å²) in [5.74, 6) is -0.244. The summed E-state index contributed by atoms with van der Waals surface area (Å²) >= 11 is 0. The molecule has 1 heterocycles. The highest BCUT2D eigenvalue weighted by Gasteiger charge is 2.34. The number of nitrogens with zero attached hydrogens (tertiary/aromatic N) is 1. The molecule has 82 valence electrons. The lowest BCUT2D eigenvalue weighted by molar-refractivity contribution is -0.139. The molecule has 0 fully saturated rings. The lowest BCUT2D eigenvalue weighted by atomic mass is 10.2. The van der Waals surface area contributed by atoms with Crippen molar-refractivity contribution in [2.45, 2.75) is 12.6 Å². The summed E-state index contributed by atoms with van der Waals surface area (Å²) in [6, 6.07) is 0.892. The molecule has 0 bridgehead atoms. The first-order chi connectivity index (χ1) is 7.05. The van der Waals surface area contributed by atoms with Gasteiger partial charge in [-0.2, -0.15) is 13.2 Å². The molecule has 0 aromatic carbocycles. The van der Waals surface area contributed by atoms with E-state index in [4.69, 9.17) is 4.74 Å². The van der Waals surface area contributed by atoms with Gasteiger partial charge in [0.25, 0.3) is 0 Å². The zero-order chi connectivity index (χ0) is 11.3. The molecule has 1 aromatic rings. The van der Waals surface area contributed by atoms with Crippen molar-refractivity contribution in [2.75, 3.05) is 6.61 Å². The topological polar surface area (TPSA) is 22.1 Å². The van der Waals surface area contributed by atoms with E-state index in [1.807, 2.05) is 0 Å². The molecule has 0 saturated carbocycles. The maximum absolute atomic E-state index is 12.4. The summed E-state index contributed by atoms with van der Waals surface area (Å²) in [4.78, 5) is 3.59. The Morgan fingerprint density at radius 2 is 2.20 bits per heavy atom. The summed E-state index contributed by atoms with van der Waals surface area (Å²) in [6.07, 6.45) is -0.197. The molecule has 0 amide bonds. The smallest absolute Gasteiger partial charge is 0.420 e. The summed E-state index contributed by atoms with van der Waals surface area (Å²) in [5.41, 5.74) is -0.804. The second-order valence-electron chi connectivity index (χ2n) is 2.80. The van der Waals surface area contributed by atoms with Crippen molar-refractivity contribution in [3.05, 3.63) is 36.7 Å². The first-order valence-electron chi connectivity index (χ1n) is 4.30. The minimum atomic E-state index is -4.41. The fraction of sp³-hybridized carbons (Fsp3) is 0.300. The molecule has 0 aliphatic carbocycles. The van der Waals surface area contributed by atoms with Crippen LogP contribution in [0.3, 0.4) is 0 Å². The highest BCUT2D eigenvalue weighted by molar-refractivity contribution is 5.32. The van der Waals surface area contributed by atoms with Crippen LogP contribution in [0.15, 0.2) is 31.1 Å². The molecule has 0 aliphatic rings. The average molecular weight is 217 g/mol. The van der Waals surface area contributed by atoms with Crippen molar-refractivity contribution in [1.82, 2.24) is 4.98 Å². The third-order valence-electron chi connectivity index (χ3n) is 1.67. The molecule has 0 saturated heterocycles. The van der Waals surface area contributed by atoms with E-state index in [9.17, 15) is 13.2 Å².